The molecule has 0 saturated carbocycles. The highest BCUT2D eigenvalue weighted by Crippen LogP contribution is 2.24. The fourth-order valence-electron chi connectivity index (χ4n) is 3.62. The number of hydrogen-bond acceptors (Lipinski definition) is 7. The monoisotopic (exact) mass is 429 g/mol. The second kappa shape index (κ2) is 9.94. The Hall–Kier alpha value is -2.90. The first-order valence-corrected chi connectivity index (χ1v) is 10.7. The number of carbonyl (C=O) groups excluding carboxylic acids is 2. The number of rotatable bonds is 6. The Morgan fingerprint density at radius 1 is 1.16 bits per heavy atom. The Bertz CT molecular complexity index is 877. The molecule has 2 aromatic rings. The SMILES string of the molecule is COC(=O)c1ccc(-c2noc(CCCC3CCN(C(=O)OC(C)(C)C)CC3)n2)cc1. The van der Waals surface area contributed by atoms with Crippen LogP contribution < -0.4 is 0 Å². The van der Waals surface area contributed by atoms with E-state index in [0.29, 0.717) is 23.2 Å². The summed E-state index contributed by atoms with van der Waals surface area (Å²) >= 11 is 0. The first-order valence-electron chi connectivity index (χ1n) is 10.7. The minimum atomic E-state index is -0.458. The lowest BCUT2D eigenvalue weighted by molar-refractivity contribution is 0.0180. The molecule has 2 heterocycles. The molecule has 3 rings (SSSR count). The maximum Gasteiger partial charge on any atom is 0.410 e. The summed E-state index contributed by atoms with van der Waals surface area (Å²) in [6.07, 6.45) is 4.50. The Balaban J connectivity index is 1.42. The highest BCUT2D eigenvalue weighted by molar-refractivity contribution is 5.89. The van der Waals surface area contributed by atoms with E-state index in [2.05, 4.69) is 10.1 Å². The zero-order valence-corrected chi connectivity index (χ0v) is 18.7. The van der Waals surface area contributed by atoms with E-state index >= 15 is 0 Å². The van der Waals surface area contributed by atoms with E-state index in [1.165, 1.54) is 7.11 Å². The van der Waals surface area contributed by atoms with Gasteiger partial charge in [-0.2, -0.15) is 4.98 Å². The maximum atomic E-state index is 12.2. The van der Waals surface area contributed by atoms with Gasteiger partial charge in [0.2, 0.25) is 11.7 Å². The summed E-state index contributed by atoms with van der Waals surface area (Å²) in [5.74, 6) is 1.33. The largest absolute Gasteiger partial charge is 0.465 e. The lowest BCUT2D eigenvalue weighted by Gasteiger charge is -2.33. The van der Waals surface area contributed by atoms with Crippen molar-refractivity contribution in [1.82, 2.24) is 15.0 Å². The number of aryl methyl sites for hydroxylation is 1. The topological polar surface area (TPSA) is 94.8 Å². The lowest BCUT2D eigenvalue weighted by atomic mass is 9.92. The first kappa shape index (κ1) is 22.8. The van der Waals surface area contributed by atoms with Gasteiger partial charge < -0.3 is 18.9 Å². The van der Waals surface area contributed by atoms with Gasteiger partial charge in [-0.1, -0.05) is 17.3 Å². The summed E-state index contributed by atoms with van der Waals surface area (Å²) in [4.78, 5) is 29.9. The van der Waals surface area contributed by atoms with E-state index in [1.807, 2.05) is 20.8 Å². The predicted molar refractivity (Wildman–Crippen MR) is 115 cm³/mol. The molecule has 8 nitrogen and oxygen atoms in total. The Labute approximate surface area is 182 Å². The van der Waals surface area contributed by atoms with Gasteiger partial charge in [-0.25, -0.2) is 9.59 Å². The molecule has 0 aliphatic carbocycles. The number of methoxy groups -OCH3 is 1. The standard InChI is InChI=1S/C23H31N3O5/c1-23(2,3)30-22(28)26-14-12-16(13-15-26)6-5-7-19-24-20(25-31-19)17-8-10-18(11-9-17)21(27)29-4/h8-11,16H,5-7,12-15H2,1-4H3. The van der Waals surface area contributed by atoms with Crippen LogP contribution in [0.15, 0.2) is 28.8 Å². The number of amides is 1. The van der Waals surface area contributed by atoms with Crippen LogP contribution in [-0.2, 0) is 15.9 Å². The van der Waals surface area contributed by atoms with Crippen LogP contribution >= 0.6 is 0 Å². The van der Waals surface area contributed by atoms with Crippen LogP contribution in [0.25, 0.3) is 11.4 Å². The third-order valence-electron chi connectivity index (χ3n) is 5.30. The minimum Gasteiger partial charge on any atom is -0.465 e. The second-order valence-corrected chi connectivity index (χ2v) is 8.88. The summed E-state index contributed by atoms with van der Waals surface area (Å²) in [5.41, 5.74) is 0.810. The highest BCUT2D eigenvalue weighted by Gasteiger charge is 2.26. The number of aromatic nitrogens is 2. The summed E-state index contributed by atoms with van der Waals surface area (Å²) in [5, 5.41) is 4.04. The van der Waals surface area contributed by atoms with Gasteiger partial charge in [0.25, 0.3) is 0 Å². The number of likely N-dealkylation sites (tertiary alicyclic amines) is 1. The Morgan fingerprint density at radius 3 is 2.45 bits per heavy atom. The molecule has 1 saturated heterocycles. The zero-order valence-electron chi connectivity index (χ0n) is 18.7. The van der Waals surface area contributed by atoms with Crippen LogP contribution in [0, 0.1) is 5.92 Å². The minimum absolute atomic E-state index is 0.219. The van der Waals surface area contributed by atoms with E-state index in [1.54, 1.807) is 29.2 Å². The van der Waals surface area contributed by atoms with Crippen molar-refractivity contribution >= 4 is 12.1 Å². The molecule has 0 atom stereocenters. The van der Waals surface area contributed by atoms with E-state index in [-0.39, 0.29) is 12.1 Å². The smallest absolute Gasteiger partial charge is 0.410 e. The molecule has 1 aliphatic rings. The molecule has 0 bridgehead atoms. The van der Waals surface area contributed by atoms with Crippen LogP contribution in [0.5, 0.6) is 0 Å². The molecule has 1 fully saturated rings. The van der Waals surface area contributed by atoms with Gasteiger partial charge in [0.05, 0.1) is 12.7 Å². The van der Waals surface area contributed by atoms with Gasteiger partial charge in [-0.05, 0) is 64.5 Å². The molecule has 0 radical (unpaired) electrons. The van der Waals surface area contributed by atoms with Crippen molar-refractivity contribution in [3.8, 4) is 11.4 Å². The quantitative estimate of drug-likeness (QED) is 0.624. The van der Waals surface area contributed by atoms with Crippen molar-refractivity contribution in [3.63, 3.8) is 0 Å². The van der Waals surface area contributed by atoms with Crippen LogP contribution in [-0.4, -0.2) is 52.9 Å². The fourth-order valence-corrected chi connectivity index (χ4v) is 3.62. The van der Waals surface area contributed by atoms with Crippen LogP contribution in [0.2, 0.25) is 0 Å². The third-order valence-corrected chi connectivity index (χ3v) is 5.30. The Kier molecular flexibility index (Phi) is 7.30. The normalized spacial score (nSPS) is 15.0. The van der Waals surface area contributed by atoms with E-state index in [9.17, 15) is 9.59 Å². The molecule has 0 N–H and O–H groups in total. The predicted octanol–water partition coefficient (Wildman–Crippen LogP) is 4.49. The number of piperidine rings is 1. The molecular weight excluding hydrogens is 398 g/mol. The van der Waals surface area contributed by atoms with Gasteiger partial charge in [0, 0.05) is 25.1 Å². The van der Waals surface area contributed by atoms with Crippen molar-refractivity contribution in [2.24, 2.45) is 5.92 Å². The molecule has 1 aromatic heterocycles. The van der Waals surface area contributed by atoms with Crippen LogP contribution in [0.1, 0.15) is 62.7 Å². The molecule has 1 aliphatic heterocycles. The number of hydrogen-bond donors (Lipinski definition) is 0. The molecule has 0 spiro atoms. The lowest BCUT2D eigenvalue weighted by Crippen LogP contribution is -2.41. The van der Waals surface area contributed by atoms with Crippen molar-refractivity contribution in [3.05, 3.63) is 35.7 Å². The number of ether oxygens (including phenoxy) is 2. The molecule has 8 heteroatoms. The average molecular weight is 430 g/mol. The van der Waals surface area contributed by atoms with Gasteiger partial charge in [-0.3, -0.25) is 0 Å². The van der Waals surface area contributed by atoms with Crippen molar-refractivity contribution in [1.29, 1.82) is 0 Å². The van der Waals surface area contributed by atoms with Gasteiger partial charge in [0.15, 0.2) is 0 Å². The molecular formula is C23H31N3O5. The maximum absolute atomic E-state index is 12.2. The van der Waals surface area contributed by atoms with E-state index in [4.69, 9.17) is 14.0 Å². The highest BCUT2D eigenvalue weighted by atomic mass is 16.6. The Morgan fingerprint density at radius 2 is 1.84 bits per heavy atom. The summed E-state index contributed by atoms with van der Waals surface area (Å²) in [7, 11) is 1.35. The average Bonchev–Trinajstić information content (AvgIpc) is 3.21. The van der Waals surface area contributed by atoms with Crippen LogP contribution in [0.3, 0.4) is 0 Å². The number of nitrogens with zero attached hydrogens (tertiary/aromatic N) is 3. The molecule has 0 unspecified atom stereocenters. The molecule has 168 valence electrons. The van der Waals surface area contributed by atoms with E-state index in [0.717, 1.165) is 50.8 Å². The van der Waals surface area contributed by atoms with Gasteiger partial charge in [0.1, 0.15) is 5.60 Å². The van der Waals surface area contributed by atoms with Crippen LogP contribution in [0.4, 0.5) is 4.79 Å². The zero-order chi connectivity index (χ0) is 22.4. The molecule has 1 amide bonds. The van der Waals surface area contributed by atoms with Crippen molar-refractivity contribution in [2.45, 2.75) is 58.5 Å². The summed E-state index contributed by atoms with van der Waals surface area (Å²) in [6, 6.07) is 6.92. The number of esters is 1. The fraction of sp³-hybridized carbons (Fsp3) is 0.565. The second-order valence-electron chi connectivity index (χ2n) is 8.88. The van der Waals surface area contributed by atoms with E-state index < -0.39 is 5.60 Å². The van der Waals surface area contributed by atoms with Crippen molar-refractivity contribution < 1.29 is 23.6 Å². The summed E-state index contributed by atoms with van der Waals surface area (Å²) < 4.78 is 15.5. The number of carbonyl (C=O) groups is 2. The number of benzene rings is 1. The van der Waals surface area contributed by atoms with Crippen molar-refractivity contribution in [2.75, 3.05) is 20.2 Å². The molecule has 1 aromatic carbocycles. The first-order chi connectivity index (χ1) is 14.7. The molecule has 31 heavy (non-hydrogen) atoms. The summed E-state index contributed by atoms with van der Waals surface area (Å²) in [6.45, 7) is 7.14. The third kappa shape index (κ3) is 6.54. The van der Waals surface area contributed by atoms with Gasteiger partial charge >= 0.3 is 12.1 Å². The van der Waals surface area contributed by atoms with Gasteiger partial charge in [-0.15, -0.1) is 0 Å².